The molecule has 1 aliphatic rings. The molecule has 0 bridgehead atoms. The molecule has 2 aromatic heterocycles. The molecule has 6 heteroatoms. The molecule has 4 rings (SSSR count). The Balaban J connectivity index is 1.60. The van der Waals surface area contributed by atoms with Crippen LogP contribution in [0.15, 0.2) is 59.7 Å². The first-order chi connectivity index (χ1) is 12.1. The van der Waals surface area contributed by atoms with Crippen molar-refractivity contribution >= 4 is 17.4 Å². The van der Waals surface area contributed by atoms with Gasteiger partial charge in [-0.15, -0.1) is 5.10 Å². The number of halogens is 1. The van der Waals surface area contributed by atoms with Gasteiger partial charge in [-0.25, -0.2) is 0 Å². The Morgan fingerprint density at radius 3 is 2.56 bits per heavy atom. The average molecular weight is 353 g/mol. The summed E-state index contributed by atoms with van der Waals surface area (Å²) in [7, 11) is 0. The highest BCUT2D eigenvalue weighted by molar-refractivity contribution is 6.30. The van der Waals surface area contributed by atoms with Crippen LogP contribution < -0.4 is 11.3 Å². The van der Waals surface area contributed by atoms with Crippen LogP contribution in [0.4, 0.5) is 5.82 Å². The molecule has 5 nitrogen and oxygen atoms in total. The van der Waals surface area contributed by atoms with E-state index in [-0.39, 0.29) is 11.0 Å². The third-order valence-electron chi connectivity index (χ3n) is 4.78. The van der Waals surface area contributed by atoms with Crippen LogP contribution in [0.1, 0.15) is 29.5 Å². The minimum absolute atomic E-state index is 0.00448. The zero-order valence-corrected chi connectivity index (χ0v) is 14.3. The Morgan fingerprint density at radius 1 is 1.12 bits per heavy atom. The van der Waals surface area contributed by atoms with Gasteiger partial charge in [-0.2, -0.15) is 5.10 Å². The Morgan fingerprint density at radius 2 is 1.88 bits per heavy atom. The fourth-order valence-corrected chi connectivity index (χ4v) is 3.45. The van der Waals surface area contributed by atoms with Gasteiger partial charge in [0.15, 0.2) is 0 Å². The number of nitrogens with zero attached hydrogens (tertiary/aromatic N) is 3. The Hall–Kier alpha value is -2.66. The first-order valence-corrected chi connectivity index (χ1v) is 8.49. The lowest BCUT2D eigenvalue weighted by Gasteiger charge is -2.16. The van der Waals surface area contributed by atoms with Crippen LogP contribution in [0.25, 0.3) is 0 Å². The number of pyridine rings is 1. The molecule has 25 heavy (non-hydrogen) atoms. The minimum Gasteiger partial charge on any atom is -0.382 e. The molecule has 3 aromatic rings. The van der Waals surface area contributed by atoms with Gasteiger partial charge in [0.1, 0.15) is 5.82 Å². The van der Waals surface area contributed by atoms with E-state index in [0.717, 1.165) is 24.0 Å². The molecule has 1 aliphatic carbocycles. The summed E-state index contributed by atoms with van der Waals surface area (Å²) in [4.78, 5) is 11.9. The maximum absolute atomic E-state index is 11.9. The molecule has 0 radical (unpaired) electrons. The third-order valence-corrected chi connectivity index (χ3v) is 5.01. The predicted molar refractivity (Wildman–Crippen MR) is 97.7 cm³/mol. The van der Waals surface area contributed by atoms with Crippen LogP contribution in [-0.4, -0.2) is 14.8 Å². The van der Waals surface area contributed by atoms with Crippen LogP contribution in [0.2, 0.25) is 5.02 Å². The van der Waals surface area contributed by atoms with Gasteiger partial charge in [0, 0.05) is 17.7 Å². The number of nitrogens with two attached hydrogens (primary N) is 1. The highest BCUT2D eigenvalue weighted by atomic mass is 35.5. The van der Waals surface area contributed by atoms with Gasteiger partial charge < -0.3 is 10.3 Å². The molecule has 0 amide bonds. The number of nitrogen functional groups attached to an aromatic ring is 1. The summed E-state index contributed by atoms with van der Waals surface area (Å²) in [6.45, 7) is 0.496. The van der Waals surface area contributed by atoms with E-state index in [1.807, 2.05) is 6.07 Å². The SMILES string of the molecule is Nc1cc(C2(c3ccc(Cn4cc(Cl)ccc4=O)cc3)CC2)cnn1. The summed E-state index contributed by atoms with van der Waals surface area (Å²) in [5.41, 5.74) is 9.11. The van der Waals surface area contributed by atoms with Gasteiger partial charge in [0.2, 0.25) is 0 Å². The third kappa shape index (κ3) is 3.03. The first kappa shape index (κ1) is 15.8. The van der Waals surface area contributed by atoms with Crippen molar-refractivity contribution in [2.75, 3.05) is 5.73 Å². The number of anilines is 1. The lowest BCUT2D eigenvalue weighted by atomic mass is 9.89. The summed E-state index contributed by atoms with van der Waals surface area (Å²) < 4.78 is 1.61. The second-order valence-electron chi connectivity index (χ2n) is 6.46. The van der Waals surface area contributed by atoms with Crippen molar-refractivity contribution in [3.8, 4) is 0 Å². The van der Waals surface area contributed by atoms with Gasteiger partial charge in [-0.05, 0) is 41.7 Å². The second kappa shape index (κ2) is 6.01. The zero-order valence-electron chi connectivity index (χ0n) is 13.5. The van der Waals surface area contributed by atoms with Crippen molar-refractivity contribution in [3.63, 3.8) is 0 Å². The first-order valence-electron chi connectivity index (χ1n) is 8.11. The summed E-state index contributed by atoms with van der Waals surface area (Å²) >= 11 is 5.98. The monoisotopic (exact) mass is 352 g/mol. The van der Waals surface area contributed by atoms with Gasteiger partial charge in [0.25, 0.3) is 5.56 Å². The van der Waals surface area contributed by atoms with Crippen LogP contribution in [0, 0.1) is 0 Å². The van der Waals surface area contributed by atoms with E-state index in [1.165, 1.54) is 11.6 Å². The summed E-state index contributed by atoms with van der Waals surface area (Å²) in [5.74, 6) is 0.445. The van der Waals surface area contributed by atoms with Crippen LogP contribution in [0.5, 0.6) is 0 Å². The Labute approximate surface area is 150 Å². The van der Waals surface area contributed by atoms with E-state index >= 15 is 0 Å². The summed E-state index contributed by atoms with van der Waals surface area (Å²) in [5, 5.41) is 8.37. The summed E-state index contributed by atoms with van der Waals surface area (Å²) in [6.07, 6.45) is 5.60. The molecule has 0 saturated heterocycles. The van der Waals surface area contributed by atoms with Crippen molar-refractivity contribution in [2.24, 2.45) is 0 Å². The standard InChI is InChI=1S/C19H17ClN4O/c20-16-5-6-18(25)24(12-16)11-13-1-3-14(4-2-13)19(7-8-19)15-9-17(21)23-22-10-15/h1-6,9-10,12H,7-8,11H2,(H2,21,23). The average Bonchev–Trinajstić information content (AvgIpc) is 3.41. The largest absolute Gasteiger partial charge is 0.382 e. The van der Waals surface area contributed by atoms with E-state index in [9.17, 15) is 4.79 Å². The highest BCUT2D eigenvalue weighted by Crippen LogP contribution is 2.53. The number of hydrogen-bond donors (Lipinski definition) is 1. The fourth-order valence-electron chi connectivity index (χ4n) is 3.27. The van der Waals surface area contributed by atoms with Crippen LogP contribution in [0.3, 0.4) is 0 Å². The van der Waals surface area contributed by atoms with Crippen molar-refractivity contribution < 1.29 is 0 Å². The van der Waals surface area contributed by atoms with E-state index in [0.29, 0.717) is 17.4 Å². The molecule has 0 atom stereocenters. The number of hydrogen-bond acceptors (Lipinski definition) is 4. The number of benzene rings is 1. The molecule has 0 aliphatic heterocycles. The Kier molecular flexibility index (Phi) is 3.81. The smallest absolute Gasteiger partial charge is 0.250 e. The quantitative estimate of drug-likeness (QED) is 0.783. The molecule has 2 N–H and O–H groups in total. The zero-order chi connectivity index (χ0) is 17.4. The van der Waals surface area contributed by atoms with E-state index in [1.54, 1.807) is 23.0 Å². The van der Waals surface area contributed by atoms with Gasteiger partial charge in [-0.3, -0.25) is 4.79 Å². The highest BCUT2D eigenvalue weighted by Gasteiger charge is 2.46. The molecule has 126 valence electrons. The van der Waals surface area contributed by atoms with Crippen molar-refractivity contribution in [2.45, 2.75) is 24.8 Å². The predicted octanol–water partition coefficient (Wildman–Crippen LogP) is 3.00. The second-order valence-corrected chi connectivity index (χ2v) is 6.90. The normalized spacial score (nSPS) is 15.1. The molecule has 1 aromatic carbocycles. The molecule has 2 heterocycles. The van der Waals surface area contributed by atoms with E-state index in [2.05, 4.69) is 34.5 Å². The molecule has 0 unspecified atom stereocenters. The maximum Gasteiger partial charge on any atom is 0.250 e. The van der Waals surface area contributed by atoms with Crippen molar-refractivity contribution in [1.82, 2.24) is 14.8 Å². The van der Waals surface area contributed by atoms with Crippen molar-refractivity contribution in [1.29, 1.82) is 0 Å². The van der Waals surface area contributed by atoms with Gasteiger partial charge in [-0.1, -0.05) is 35.9 Å². The molecular weight excluding hydrogens is 336 g/mol. The lowest BCUT2D eigenvalue weighted by Crippen LogP contribution is -2.18. The van der Waals surface area contributed by atoms with E-state index < -0.39 is 0 Å². The number of aromatic nitrogens is 3. The van der Waals surface area contributed by atoms with Crippen LogP contribution in [-0.2, 0) is 12.0 Å². The fraction of sp³-hybridized carbons (Fsp3) is 0.211. The van der Waals surface area contributed by atoms with E-state index in [4.69, 9.17) is 17.3 Å². The van der Waals surface area contributed by atoms with Crippen molar-refractivity contribution in [3.05, 3.63) is 86.9 Å². The lowest BCUT2D eigenvalue weighted by molar-refractivity contribution is 0.757. The van der Waals surface area contributed by atoms with Crippen LogP contribution >= 0.6 is 11.6 Å². The van der Waals surface area contributed by atoms with Gasteiger partial charge >= 0.3 is 0 Å². The molecule has 0 spiro atoms. The molecular formula is C19H17ClN4O. The molecule has 1 fully saturated rings. The number of rotatable bonds is 4. The minimum atomic E-state index is -0.0644. The molecule has 1 saturated carbocycles. The van der Waals surface area contributed by atoms with Gasteiger partial charge in [0.05, 0.1) is 17.8 Å². The summed E-state index contributed by atoms with van der Waals surface area (Å²) in [6, 6.07) is 13.3. The Bertz CT molecular complexity index is 977. The topological polar surface area (TPSA) is 73.8 Å². The maximum atomic E-state index is 11.9.